The van der Waals surface area contributed by atoms with Gasteiger partial charge in [0.05, 0.1) is 6.04 Å². The zero-order valence-corrected chi connectivity index (χ0v) is 12.4. The normalized spacial score (nSPS) is 26.2. The number of rotatable bonds is 4. The van der Waals surface area contributed by atoms with E-state index in [1.54, 1.807) is 7.05 Å². The van der Waals surface area contributed by atoms with Gasteiger partial charge >= 0.3 is 0 Å². The standard InChI is InChI=1S/C14H25N3O3/c1-3-16-12(18)11-5-4-8-17(11)14(13(19)15-2)6-9-20-10-7-14/h11H,3-10H2,1-2H3,(H,15,19)(H,16,18). The van der Waals surface area contributed by atoms with Gasteiger partial charge in [0.25, 0.3) is 0 Å². The van der Waals surface area contributed by atoms with E-state index in [9.17, 15) is 9.59 Å². The van der Waals surface area contributed by atoms with Gasteiger partial charge in [-0.2, -0.15) is 0 Å². The predicted octanol–water partition coefficient (Wildman–Crippen LogP) is -0.118. The van der Waals surface area contributed by atoms with Crippen LogP contribution >= 0.6 is 0 Å². The lowest BCUT2D eigenvalue weighted by atomic mass is 9.86. The van der Waals surface area contributed by atoms with Gasteiger partial charge in [0, 0.05) is 33.4 Å². The van der Waals surface area contributed by atoms with Crippen molar-refractivity contribution in [2.45, 2.75) is 44.2 Å². The van der Waals surface area contributed by atoms with Crippen LogP contribution in [0.15, 0.2) is 0 Å². The van der Waals surface area contributed by atoms with Crippen molar-refractivity contribution in [3.63, 3.8) is 0 Å². The Balaban J connectivity index is 2.23. The molecular weight excluding hydrogens is 258 g/mol. The van der Waals surface area contributed by atoms with Crippen molar-refractivity contribution in [1.82, 2.24) is 15.5 Å². The number of likely N-dealkylation sites (tertiary alicyclic amines) is 1. The molecule has 0 bridgehead atoms. The quantitative estimate of drug-likeness (QED) is 0.755. The molecule has 2 amide bonds. The Labute approximate surface area is 120 Å². The number of carbonyl (C=O) groups excluding carboxylic acids is 2. The Hall–Kier alpha value is -1.14. The fraction of sp³-hybridized carbons (Fsp3) is 0.857. The Morgan fingerprint density at radius 2 is 2.05 bits per heavy atom. The van der Waals surface area contributed by atoms with E-state index in [0.29, 0.717) is 32.6 Å². The van der Waals surface area contributed by atoms with Crippen molar-refractivity contribution < 1.29 is 14.3 Å². The first-order valence-electron chi connectivity index (χ1n) is 7.50. The first-order chi connectivity index (χ1) is 9.65. The third-order valence-corrected chi connectivity index (χ3v) is 4.43. The molecule has 0 radical (unpaired) electrons. The Kier molecular flexibility index (Phi) is 4.99. The highest BCUT2D eigenvalue weighted by molar-refractivity contribution is 5.88. The number of hydrogen-bond donors (Lipinski definition) is 2. The SMILES string of the molecule is CCNC(=O)C1CCCN1C1(C(=O)NC)CCOCC1. The topological polar surface area (TPSA) is 70.7 Å². The minimum Gasteiger partial charge on any atom is -0.381 e. The van der Waals surface area contributed by atoms with E-state index in [1.807, 2.05) is 6.92 Å². The van der Waals surface area contributed by atoms with Crippen LogP contribution in [0.2, 0.25) is 0 Å². The van der Waals surface area contributed by atoms with E-state index in [2.05, 4.69) is 15.5 Å². The predicted molar refractivity (Wildman–Crippen MR) is 75.3 cm³/mol. The zero-order chi connectivity index (χ0) is 14.6. The average molecular weight is 283 g/mol. The molecule has 114 valence electrons. The summed E-state index contributed by atoms with van der Waals surface area (Å²) in [7, 11) is 1.66. The molecule has 2 fully saturated rings. The minimum atomic E-state index is -0.584. The van der Waals surface area contributed by atoms with Gasteiger partial charge in [0.15, 0.2) is 0 Å². The van der Waals surface area contributed by atoms with Gasteiger partial charge in [-0.3, -0.25) is 14.5 Å². The molecule has 0 aromatic heterocycles. The highest BCUT2D eigenvalue weighted by Crippen LogP contribution is 2.35. The van der Waals surface area contributed by atoms with Crippen molar-refractivity contribution >= 4 is 11.8 Å². The lowest BCUT2D eigenvalue weighted by Gasteiger charge is -2.45. The molecular formula is C14H25N3O3. The van der Waals surface area contributed by atoms with Gasteiger partial charge in [-0.25, -0.2) is 0 Å². The third kappa shape index (κ3) is 2.67. The lowest BCUT2D eigenvalue weighted by molar-refractivity contribution is -0.144. The Morgan fingerprint density at radius 1 is 1.35 bits per heavy atom. The molecule has 0 aliphatic carbocycles. The summed E-state index contributed by atoms with van der Waals surface area (Å²) in [6.07, 6.45) is 3.10. The summed E-state index contributed by atoms with van der Waals surface area (Å²) in [5, 5.41) is 5.66. The summed E-state index contributed by atoms with van der Waals surface area (Å²) in [5.74, 6) is 0.0526. The molecule has 0 spiro atoms. The molecule has 2 rings (SSSR count). The maximum atomic E-state index is 12.5. The first kappa shape index (κ1) is 15.3. The Bertz CT molecular complexity index is 367. The average Bonchev–Trinajstić information content (AvgIpc) is 2.97. The van der Waals surface area contributed by atoms with E-state index in [-0.39, 0.29) is 17.9 Å². The van der Waals surface area contributed by atoms with Crippen molar-refractivity contribution in [3.05, 3.63) is 0 Å². The van der Waals surface area contributed by atoms with Gasteiger partial charge in [0.2, 0.25) is 11.8 Å². The van der Waals surface area contributed by atoms with E-state index >= 15 is 0 Å². The van der Waals surface area contributed by atoms with Crippen LogP contribution in [0.4, 0.5) is 0 Å². The lowest BCUT2D eigenvalue weighted by Crippen LogP contribution is -2.64. The van der Waals surface area contributed by atoms with E-state index in [0.717, 1.165) is 19.4 Å². The molecule has 1 unspecified atom stereocenters. The summed E-state index contributed by atoms with van der Waals surface area (Å²) < 4.78 is 5.41. The van der Waals surface area contributed by atoms with Crippen LogP contribution in [-0.2, 0) is 14.3 Å². The van der Waals surface area contributed by atoms with Crippen LogP contribution in [0.5, 0.6) is 0 Å². The zero-order valence-electron chi connectivity index (χ0n) is 12.4. The van der Waals surface area contributed by atoms with Crippen LogP contribution in [0.3, 0.4) is 0 Å². The number of carbonyl (C=O) groups is 2. The summed E-state index contributed by atoms with van der Waals surface area (Å²) >= 11 is 0. The third-order valence-electron chi connectivity index (χ3n) is 4.43. The molecule has 2 aliphatic rings. The second-order valence-corrected chi connectivity index (χ2v) is 5.47. The fourth-order valence-electron chi connectivity index (χ4n) is 3.43. The van der Waals surface area contributed by atoms with Crippen LogP contribution in [0.1, 0.15) is 32.6 Å². The molecule has 2 heterocycles. The van der Waals surface area contributed by atoms with Crippen molar-refractivity contribution in [2.24, 2.45) is 0 Å². The summed E-state index contributed by atoms with van der Waals surface area (Å²) in [6, 6.07) is -0.189. The van der Waals surface area contributed by atoms with Crippen LogP contribution in [-0.4, -0.2) is 61.6 Å². The molecule has 6 heteroatoms. The number of ether oxygens (including phenoxy) is 1. The smallest absolute Gasteiger partial charge is 0.240 e. The minimum absolute atomic E-state index is 0.0111. The van der Waals surface area contributed by atoms with Gasteiger partial charge < -0.3 is 15.4 Å². The summed E-state index contributed by atoms with van der Waals surface area (Å²) in [6.45, 7) is 4.49. The largest absolute Gasteiger partial charge is 0.381 e. The maximum Gasteiger partial charge on any atom is 0.240 e. The number of likely N-dealkylation sites (N-methyl/N-ethyl adjacent to an activating group) is 2. The Morgan fingerprint density at radius 3 is 2.65 bits per heavy atom. The molecule has 6 nitrogen and oxygen atoms in total. The van der Waals surface area contributed by atoms with E-state index < -0.39 is 5.54 Å². The monoisotopic (exact) mass is 283 g/mol. The maximum absolute atomic E-state index is 12.5. The van der Waals surface area contributed by atoms with Crippen molar-refractivity contribution in [3.8, 4) is 0 Å². The number of amides is 2. The number of nitrogens with one attached hydrogen (secondary N) is 2. The number of hydrogen-bond acceptors (Lipinski definition) is 4. The van der Waals surface area contributed by atoms with E-state index in [1.165, 1.54) is 0 Å². The van der Waals surface area contributed by atoms with Crippen molar-refractivity contribution in [1.29, 1.82) is 0 Å². The first-order valence-corrected chi connectivity index (χ1v) is 7.50. The molecule has 0 aromatic carbocycles. The molecule has 1 atom stereocenters. The molecule has 2 saturated heterocycles. The van der Waals surface area contributed by atoms with Crippen molar-refractivity contribution in [2.75, 3.05) is 33.4 Å². The summed E-state index contributed by atoms with van der Waals surface area (Å²) in [4.78, 5) is 26.8. The molecule has 2 N–H and O–H groups in total. The molecule has 2 aliphatic heterocycles. The van der Waals surface area contributed by atoms with Gasteiger partial charge in [-0.15, -0.1) is 0 Å². The highest BCUT2D eigenvalue weighted by atomic mass is 16.5. The number of nitrogens with zero attached hydrogens (tertiary/aromatic N) is 1. The van der Waals surface area contributed by atoms with Crippen LogP contribution in [0.25, 0.3) is 0 Å². The van der Waals surface area contributed by atoms with E-state index in [4.69, 9.17) is 4.74 Å². The van der Waals surface area contributed by atoms with Crippen LogP contribution < -0.4 is 10.6 Å². The molecule has 0 saturated carbocycles. The van der Waals surface area contributed by atoms with Gasteiger partial charge in [-0.05, 0) is 32.6 Å². The fourth-order valence-corrected chi connectivity index (χ4v) is 3.43. The molecule has 0 aromatic rings. The van der Waals surface area contributed by atoms with Gasteiger partial charge in [-0.1, -0.05) is 0 Å². The highest BCUT2D eigenvalue weighted by Gasteiger charge is 2.50. The second-order valence-electron chi connectivity index (χ2n) is 5.47. The molecule has 20 heavy (non-hydrogen) atoms. The summed E-state index contributed by atoms with van der Waals surface area (Å²) in [5.41, 5.74) is -0.584. The van der Waals surface area contributed by atoms with Gasteiger partial charge in [0.1, 0.15) is 5.54 Å². The van der Waals surface area contributed by atoms with Crippen LogP contribution in [0, 0.1) is 0 Å². The second kappa shape index (κ2) is 6.54.